The van der Waals surface area contributed by atoms with Crippen molar-refractivity contribution in [2.75, 3.05) is 12.3 Å². The highest BCUT2D eigenvalue weighted by Gasteiger charge is 2.18. The predicted octanol–water partition coefficient (Wildman–Crippen LogP) is 2.75. The second-order valence-electron chi connectivity index (χ2n) is 5.20. The third-order valence-electron chi connectivity index (χ3n) is 2.21. The summed E-state index contributed by atoms with van der Waals surface area (Å²) in [6, 6.07) is 6.36. The summed E-state index contributed by atoms with van der Waals surface area (Å²) in [5, 5.41) is 2.43. The number of rotatable bonds is 4. The molecule has 0 saturated heterocycles. The molecule has 112 valence electrons. The fraction of sp³-hybridized carbons (Fsp3) is 0.462. The van der Waals surface area contributed by atoms with E-state index in [-0.39, 0.29) is 17.2 Å². The molecule has 1 rings (SSSR count). The average Bonchev–Trinajstić information content (AvgIpc) is 2.26. The second kappa shape index (κ2) is 6.58. The Balaban J connectivity index is 2.53. The van der Waals surface area contributed by atoms with Crippen molar-refractivity contribution in [3.05, 3.63) is 28.7 Å². The van der Waals surface area contributed by atoms with E-state index in [1.54, 1.807) is 32.9 Å². The molecular weight excluding hydrogens is 346 g/mol. The summed E-state index contributed by atoms with van der Waals surface area (Å²) in [6.45, 7) is 5.23. The van der Waals surface area contributed by atoms with Crippen LogP contribution < -0.4 is 5.32 Å². The zero-order valence-corrected chi connectivity index (χ0v) is 14.0. The Labute approximate surface area is 127 Å². The van der Waals surface area contributed by atoms with Gasteiger partial charge in [-0.1, -0.05) is 15.9 Å². The van der Waals surface area contributed by atoms with Crippen LogP contribution in [0.4, 0.5) is 4.79 Å². The fourth-order valence-electron chi connectivity index (χ4n) is 1.36. The standard InChI is InChI=1S/C13H18BrNO4S/c1-13(2,3)19-12(16)15-8-9-20(17,18)11-6-4-10(14)5-7-11/h4-7H,8-9H2,1-3H3,(H,15,16). The normalized spacial score (nSPS) is 12.0. The fourth-order valence-corrected chi connectivity index (χ4v) is 2.78. The van der Waals surface area contributed by atoms with E-state index in [9.17, 15) is 13.2 Å². The molecule has 0 aliphatic heterocycles. The van der Waals surface area contributed by atoms with E-state index in [1.165, 1.54) is 12.1 Å². The van der Waals surface area contributed by atoms with Crippen molar-refractivity contribution in [2.24, 2.45) is 0 Å². The Morgan fingerprint density at radius 3 is 2.30 bits per heavy atom. The van der Waals surface area contributed by atoms with Gasteiger partial charge in [-0.05, 0) is 45.0 Å². The maximum absolute atomic E-state index is 12.0. The monoisotopic (exact) mass is 363 g/mol. The molecule has 0 bridgehead atoms. The number of ether oxygens (including phenoxy) is 1. The number of benzene rings is 1. The smallest absolute Gasteiger partial charge is 0.407 e. The average molecular weight is 364 g/mol. The molecule has 0 saturated carbocycles. The molecule has 20 heavy (non-hydrogen) atoms. The lowest BCUT2D eigenvalue weighted by Crippen LogP contribution is -2.35. The summed E-state index contributed by atoms with van der Waals surface area (Å²) >= 11 is 3.24. The van der Waals surface area contributed by atoms with Crippen molar-refractivity contribution in [1.29, 1.82) is 0 Å². The van der Waals surface area contributed by atoms with Crippen LogP contribution in [-0.4, -0.2) is 32.4 Å². The number of nitrogens with one attached hydrogen (secondary N) is 1. The SMILES string of the molecule is CC(C)(C)OC(=O)NCCS(=O)(=O)c1ccc(Br)cc1. The second-order valence-corrected chi connectivity index (χ2v) is 8.23. The van der Waals surface area contributed by atoms with Gasteiger partial charge >= 0.3 is 6.09 Å². The predicted molar refractivity (Wildman–Crippen MR) is 80.4 cm³/mol. The third kappa shape index (κ3) is 5.92. The Morgan fingerprint density at radius 1 is 1.25 bits per heavy atom. The van der Waals surface area contributed by atoms with Gasteiger partial charge in [0, 0.05) is 11.0 Å². The largest absolute Gasteiger partial charge is 0.444 e. The van der Waals surface area contributed by atoms with Crippen LogP contribution >= 0.6 is 15.9 Å². The lowest BCUT2D eigenvalue weighted by Gasteiger charge is -2.19. The molecule has 0 fully saturated rings. The molecule has 0 aliphatic rings. The number of sulfone groups is 1. The minimum absolute atomic E-state index is 0.00725. The van der Waals surface area contributed by atoms with Crippen LogP contribution in [0.1, 0.15) is 20.8 Å². The highest BCUT2D eigenvalue weighted by atomic mass is 79.9. The minimum Gasteiger partial charge on any atom is -0.444 e. The minimum atomic E-state index is -3.41. The Hall–Kier alpha value is -1.08. The van der Waals surface area contributed by atoms with Crippen molar-refractivity contribution >= 4 is 31.9 Å². The van der Waals surface area contributed by atoms with E-state index in [0.29, 0.717) is 0 Å². The van der Waals surface area contributed by atoms with Gasteiger partial charge in [-0.25, -0.2) is 13.2 Å². The van der Waals surface area contributed by atoms with Crippen molar-refractivity contribution in [1.82, 2.24) is 5.32 Å². The van der Waals surface area contributed by atoms with E-state index < -0.39 is 21.5 Å². The van der Waals surface area contributed by atoms with E-state index >= 15 is 0 Å². The van der Waals surface area contributed by atoms with Crippen LogP contribution in [0, 0.1) is 0 Å². The van der Waals surface area contributed by atoms with Crippen LogP contribution in [0.5, 0.6) is 0 Å². The number of carbonyl (C=O) groups excluding carboxylic acids is 1. The van der Waals surface area contributed by atoms with Crippen LogP contribution in [0.25, 0.3) is 0 Å². The first kappa shape index (κ1) is 17.0. The van der Waals surface area contributed by atoms with Crippen molar-refractivity contribution in [3.63, 3.8) is 0 Å². The molecule has 0 spiro atoms. The number of amides is 1. The van der Waals surface area contributed by atoms with Crippen molar-refractivity contribution < 1.29 is 17.9 Å². The number of hydrogen-bond acceptors (Lipinski definition) is 4. The molecule has 5 nitrogen and oxygen atoms in total. The molecular formula is C13H18BrNO4S. The number of carbonyl (C=O) groups is 1. The lowest BCUT2D eigenvalue weighted by atomic mass is 10.2. The summed E-state index contributed by atoms with van der Waals surface area (Å²) in [7, 11) is -3.41. The Bertz CT molecular complexity index is 561. The molecule has 0 atom stereocenters. The number of alkyl carbamates (subject to hydrolysis) is 1. The Kier molecular flexibility index (Phi) is 5.59. The summed E-state index contributed by atoms with van der Waals surface area (Å²) in [5.74, 6) is -0.173. The lowest BCUT2D eigenvalue weighted by molar-refractivity contribution is 0.0531. The van der Waals surface area contributed by atoms with Gasteiger partial charge in [0.05, 0.1) is 10.6 Å². The molecule has 0 aliphatic carbocycles. The first-order chi connectivity index (χ1) is 9.10. The summed E-state index contributed by atoms with van der Waals surface area (Å²) in [6.07, 6.45) is -0.622. The zero-order chi connectivity index (χ0) is 15.4. The van der Waals surface area contributed by atoms with Gasteiger partial charge in [0.15, 0.2) is 9.84 Å². The van der Waals surface area contributed by atoms with Crippen LogP contribution in [0.2, 0.25) is 0 Å². The van der Waals surface area contributed by atoms with Gasteiger partial charge in [-0.3, -0.25) is 0 Å². The topological polar surface area (TPSA) is 72.5 Å². The van der Waals surface area contributed by atoms with Crippen molar-refractivity contribution in [3.8, 4) is 0 Å². The molecule has 1 N–H and O–H groups in total. The number of hydrogen-bond donors (Lipinski definition) is 1. The maximum atomic E-state index is 12.0. The van der Waals surface area contributed by atoms with Gasteiger partial charge in [-0.15, -0.1) is 0 Å². The van der Waals surface area contributed by atoms with Gasteiger partial charge in [0.25, 0.3) is 0 Å². The quantitative estimate of drug-likeness (QED) is 0.892. The molecule has 0 radical (unpaired) electrons. The summed E-state index contributed by atoms with van der Waals surface area (Å²) in [4.78, 5) is 11.6. The van der Waals surface area contributed by atoms with Gasteiger partial charge in [0.1, 0.15) is 5.60 Å². The summed E-state index contributed by atoms with van der Waals surface area (Å²) in [5.41, 5.74) is -0.603. The first-order valence-electron chi connectivity index (χ1n) is 6.05. The van der Waals surface area contributed by atoms with E-state index in [2.05, 4.69) is 21.2 Å². The maximum Gasteiger partial charge on any atom is 0.407 e. The number of halogens is 1. The third-order valence-corrected chi connectivity index (χ3v) is 4.47. The molecule has 0 unspecified atom stereocenters. The molecule has 1 amide bonds. The van der Waals surface area contributed by atoms with Crippen LogP contribution in [0.3, 0.4) is 0 Å². The van der Waals surface area contributed by atoms with Crippen LogP contribution in [-0.2, 0) is 14.6 Å². The van der Waals surface area contributed by atoms with E-state index in [0.717, 1.165) is 4.47 Å². The van der Waals surface area contributed by atoms with Crippen LogP contribution in [0.15, 0.2) is 33.6 Å². The van der Waals surface area contributed by atoms with Gasteiger partial charge < -0.3 is 10.1 Å². The molecule has 1 aromatic rings. The molecule has 1 aromatic carbocycles. The van der Waals surface area contributed by atoms with E-state index in [4.69, 9.17) is 4.74 Å². The van der Waals surface area contributed by atoms with Crippen molar-refractivity contribution in [2.45, 2.75) is 31.3 Å². The van der Waals surface area contributed by atoms with Gasteiger partial charge in [0.2, 0.25) is 0 Å². The van der Waals surface area contributed by atoms with Gasteiger partial charge in [-0.2, -0.15) is 0 Å². The molecule has 0 heterocycles. The zero-order valence-electron chi connectivity index (χ0n) is 11.6. The first-order valence-corrected chi connectivity index (χ1v) is 8.50. The highest BCUT2D eigenvalue weighted by Crippen LogP contribution is 2.15. The summed E-state index contributed by atoms with van der Waals surface area (Å²) < 4.78 is 29.8. The molecule has 7 heteroatoms. The molecule has 0 aromatic heterocycles. The Morgan fingerprint density at radius 2 is 1.80 bits per heavy atom. The highest BCUT2D eigenvalue weighted by molar-refractivity contribution is 9.10. The van der Waals surface area contributed by atoms with E-state index in [1.807, 2.05) is 0 Å².